The highest BCUT2D eigenvalue weighted by Gasteiger charge is 2.24. The molecule has 0 aliphatic carbocycles. The van der Waals surface area contributed by atoms with Gasteiger partial charge in [-0.2, -0.15) is 5.26 Å². The molecule has 2 heterocycles. The SMILES string of the molecule is CCn1c(C=C[C@@H]2CCCCN2C(=O)O)cc2ccc(C#N)cc21. The summed E-state index contributed by atoms with van der Waals surface area (Å²) in [6.07, 6.45) is 6.02. The summed E-state index contributed by atoms with van der Waals surface area (Å²) >= 11 is 0. The number of nitriles is 1. The Labute approximate surface area is 141 Å². The van der Waals surface area contributed by atoms with Crippen molar-refractivity contribution in [1.29, 1.82) is 5.26 Å². The first-order valence-corrected chi connectivity index (χ1v) is 8.35. The van der Waals surface area contributed by atoms with Crippen LogP contribution < -0.4 is 0 Å². The molecule has 1 N–H and O–H groups in total. The maximum Gasteiger partial charge on any atom is 0.407 e. The number of likely N-dealkylation sites (tertiary alicyclic amines) is 1. The molecule has 1 aliphatic rings. The number of piperidine rings is 1. The maximum atomic E-state index is 11.4. The number of hydrogen-bond acceptors (Lipinski definition) is 2. The third kappa shape index (κ3) is 3.00. The van der Waals surface area contributed by atoms with Crippen LogP contribution in [0.15, 0.2) is 30.3 Å². The predicted octanol–water partition coefficient (Wildman–Crippen LogP) is 4.08. The van der Waals surface area contributed by atoms with E-state index in [0.717, 1.165) is 42.4 Å². The Hall–Kier alpha value is -2.74. The first kappa shape index (κ1) is 16.1. The molecule has 0 radical (unpaired) electrons. The fourth-order valence-electron chi connectivity index (χ4n) is 3.44. The zero-order valence-corrected chi connectivity index (χ0v) is 13.8. The fraction of sp³-hybridized carbons (Fsp3) is 0.368. The van der Waals surface area contributed by atoms with Gasteiger partial charge < -0.3 is 14.6 Å². The van der Waals surface area contributed by atoms with Crippen LogP contribution in [-0.2, 0) is 6.54 Å². The highest BCUT2D eigenvalue weighted by atomic mass is 16.4. The topological polar surface area (TPSA) is 69.3 Å². The lowest BCUT2D eigenvalue weighted by atomic mass is 10.0. The summed E-state index contributed by atoms with van der Waals surface area (Å²) in [4.78, 5) is 12.9. The van der Waals surface area contributed by atoms with Crippen molar-refractivity contribution in [3.8, 4) is 6.07 Å². The fourth-order valence-corrected chi connectivity index (χ4v) is 3.44. The Bertz CT molecular complexity index is 829. The van der Waals surface area contributed by atoms with Crippen LogP contribution in [0.25, 0.3) is 17.0 Å². The molecule has 5 nitrogen and oxygen atoms in total. The van der Waals surface area contributed by atoms with E-state index in [1.807, 2.05) is 30.4 Å². The number of fused-ring (bicyclic) bond motifs is 1. The van der Waals surface area contributed by atoms with Gasteiger partial charge in [0.2, 0.25) is 0 Å². The lowest BCUT2D eigenvalue weighted by Crippen LogP contribution is -2.41. The summed E-state index contributed by atoms with van der Waals surface area (Å²) in [5.41, 5.74) is 2.73. The quantitative estimate of drug-likeness (QED) is 0.925. The second-order valence-corrected chi connectivity index (χ2v) is 6.10. The number of hydrogen-bond donors (Lipinski definition) is 1. The summed E-state index contributed by atoms with van der Waals surface area (Å²) in [5, 5.41) is 19.5. The van der Waals surface area contributed by atoms with Gasteiger partial charge in [-0.1, -0.05) is 12.1 Å². The molecule has 0 saturated carbocycles. The highest BCUT2D eigenvalue weighted by Crippen LogP contribution is 2.24. The smallest absolute Gasteiger partial charge is 0.407 e. The van der Waals surface area contributed by atoms with Gasteiger partial charge in [-0.15, -0.1) is 0 Å². The third-order valence-corrected chi connectivity index (χ3v) is 4.67. The van der Waals surface area contributed by atoms with E-state index in [1.165, 1.54) is 4.90 Å². The lowest BCUT2D eigenvalue weighted by molar-refractivity contribution is 0.120. The van der Waals surface area contributed by atoms with Crippen LogP contribution in [0.5, 0.6) is 0 Å². The van der Waals surface area contributed by atoms with Crippen molar-refractivity contribution in [2.75, 3.05) is 6.54 Å². The van der Waals surface area contributed by atoms with E-state index in [0.29, 0.717) is 12.1 Å². The average molecular weight is 323 g/mol. The minimum absolute atomic E-state index is 0.0609. The largest absolute Gasteiger partial charge is 0.465 e. The van der Waals surface area contributed by atoms with Crippen LogP contribution in [0.3, 0.4) is 0 Å². The van der Waals surface area contributed by atoms with Crippen LogP contribution in [0.4, 0.5) is 4.79 Å². The summed E-state index contributed by atoms with van der Waals surface area (Å²) in [6, 6.07) is 9.89. The molecule has 0 bridgehead atoms. The van der Waals surface area contributed by atoms with E-state index in [-0.39, 0.29) is 6.04 Å². The van der Waals surface area contributed by atoms with Gasteiger partial charge >= 0.3 is 6.09 Å². The number of carbonyl (C=O) groups is 1. The predicted molar refractivity (Wildman–Crippen MR) is 93.7 cm³/mol. The number of rotatable bonds is 3. The van der Waals surface area contributed by atoms with Crippen LogP contribution >= 0.6 is 0 Å². The Morgan fingerprint density at radius 2 is 2.25 bits per heavy atom. The van der Waals surface area contributed by atoms with Crippen molar-refractivity contribution in [2.24, 2.45) is 0 Å². The van der Waals surface area contributed by atoms with Gasteiger partial charge in [0.1, 0.15) is 0 Å². The van der Waals surface area contributed by atoms with Gasteiger partial charge in [0.25, 0.3) is 0 Å². The molecular weight excluding hydrogens is 302 g/mol. The molecule has 1 saturated heterocycles. The normalized spacial score (nSPS) is 18.2. The van der Waals surface area contributed by atoms with Crippen molar-refractivity contribution in [1.82, 2.24) is 9.47 Å². The average Bonchev–Trinajstić information content (AvgIpc) is 2.96. The third-order valence-electron chi connectivity index (χ3n) is 4.67. The molecule has 1 atom stereocenters. The molecule has 1 amide bonds. The number of aromatic nitrogens is 1. The molecule has 1 fully saturated rings. The Morgan fingerprint density at radius 3 is 2.96 bits per heavy atom. The van der Waals surface area contributed by atoms with Crippen LogP contribution in [-0.4, -0.2) is 33.3 Å². The molecule has 24 heavy (non-hydrogen) atoms. The molecule has 0 unspecified atom stereocenters. The van der Waals surface area contributed by atoms with Crippen molar-refractivity contribution in [2.45, 2.75) is 38.8 Å². The number of nitrogens with zero attached hydrogens (tertiary/aromatic N) is 3. The minimum atomic E-state index is -0.848. The van der Waals surface area contributed by atoms with Crippen LogP contribution in [0.1, 0.15) is 37.4 Å². The van der Waals surface area contributed by atoms with Crippen molar-refractivity contribution < 1.29 is 9.90 Å². The van der Waals surface area contributed by atoms with E-state index in [2.05, 4.69) is 23.6 Å². The van der Waals surface area contributed by atoms with Gasteiger partial charge in [0.15, 0.2) is 0 Å². The maximum absolute atomic E-state index is 11.4. The van der Waals surface area contributed by atoms with Gasteiger partial charge in [-0.05, 0) is 50.5 Å². The van der Waals surface area contributed by atoms with E-state index in [4.69, 9.17) is 5.26 Å². The standard InChI is InChI=1S/C19H21N3O2/c1-2-21-17(12-15-7-6-14(13-20)11-18(15)21)9-8-16-5-3-4-10-22(16)19(23)24/h6-9,11-12,16H,2-5,10H2,1H3,(H,23,24)/t16-/m0/s1. The number of amides is 1. The molecule has 5 heteroatoms. The summed E-state index contributed by atoms with van der Waals surface area (Å²) in [7, 11) is 0. The molecule has 2 aromatic rings. The Kier molecular flexibility index (Phi) is 4.57. The summed E-state index contributed by atoms with van der Waals surface area (Å²) in [5.74, 6) is 0. The van der Waals surface area contributed by atoms with Crippen molar-refractivity contribution in [3.05, 3.63) is 41.6 Å². The molecular formula is C19H21N3O2. The first-order chi connectivity index (χ1) is 11.6. The van der Waals surface area contributed by atoms with Gasteiger partial charge in [-0.3, -0.25) is 0 Å². The van der Waals surface area contributed by atoms with Gasteiger partial charge in [-0.25, -0.2) is 4.79 Å². The van der Waals surface area contributed by atoms with Crippen LogP contribution in [0, 0.1) is 11.3 Å². The lowest BCUT2D eigenvalue weighted by Gasteiger charge is -2.31. The minimum Gasteiger partial charge on any atom is -0.465 e. The van der Waals surface area contributed by atoms with Crippen LogP contribution in [0.2, 0.25) is 0 Å². The summed E-state index contributed by atoms with van der Waals surface area (Å²) < 4.78 is 2.15. The van der Waals surface area contributed by atoms with E-state index in [9.17, 15) is 9.90 Å². The number of carboxylic acid groups (broad SMARTS) is 1. The second kappa shape index (κ2) is 6.79. The molecule has 1 aliphatic heterocycles. The number of benzene rings is 1. The molecule has 1 aromatic carbocycles. The Balaban J connectivity index is 1.94. The molecule has 3 rings (SSSR count). The zero-order valence-electron chi connectivity index (χ0n) is 13.8. The molecule has 0 spiro atoms. The molecule has 1 aromatic heterocycles. The van der Waals surface area contributed by atoms with Gasteiger partial charge in [0, 0.05) is 29.7 Å². The van der Waals surface area contributed by atoms with E-state index in [1.54, 1.807) is 0 Å². The Morgan fingerprint density at radius 1 is 1.42 bits per heavy atom. The van der Waals surface area contributed by atoms with Crippen molar-refractivity contribution >= 4 is 23.1 Å². The van der Waals surface area contributed by atoms with Gasteiger partial charge in [0.05, 0.1) is 17.7 Å². The summed E-state index contributed by atoms with van der Waals surface area (Å²) in [6.45, 7) is 3.47. The first-order valence-electron chi connectivity index (χ1n) is 8.35. The van der Waals surface area contributed by atoms with E-state index < -0.39 is 6.09 Å². The zero-order chi connectivity index (χ0) is 17.1. The molecule has 124 valence electrons. The second-order valence-electron chi connectivity index (χ2n) is 6.10. The monoisotopic (exact) mass is 323 g/mol. The van der Waals surface area contributed by atoms with Crippen molar-refractivity contribution in [3.63, 3.8) is 0 Å². The highest BCUT2D eigenvalue weighted by molar-refractivity contribution is 5.85. The van der Waals surface area contributed by atoms with E-state index >= 15 is 0 Å². The number of aryl methyl sites for hydroxylation is 1.